The molecule has 0 aromatic carbocycles. The van der Waals surface area contributed by atoms with Gasteiger partial charge < -0.3 is 10.1 Å². The van der Waals surface area contributed by atoms with E-state index in [1.54, 1.807) is 29.4 Å². The molecule has 1 N–H and O–H groups in total. The third-order valence-electron chi connectivity index (χ3n) is 4.69. The van der Waals surface area contributed by atoms with Crippen molar-refractivity contribution >= 4 is 39.3 Å². The Balaban J connectivity index is 1.56. The zero-order chi connectivity index (χ0) is 15.0. The van der Waals surface area contributed by atoms with Gasteiger partial charge in [0.25, 0.3) is 0 Å². The van der Waals surface area contributed by atoms with Crippen LogP contribution < -0.4 is 5.32 Å². The second kappa shape index (κ2) is 5.94. The quantitative estimate of drug-likeness (QED) is 0.862. The summed E-state index contributed by atoms with van der Waals surface area (Å²) < 4.78 is 8.23. The number of fused-ring (bicyclic) bond motifs is 1. The van der Waals surface area contributed by atoms with Crippen molar-refractivity contribution in [2.75, 3.05) is 18.2 Å². The molecule has 1 aliphatic carbocycles. The molecule has 118 valence electrons. The third kappa shape index (κ3) is 2.70. The highest BCUT2D eigenvalue weighted by atomic mass is 32.2. The Kier molecular flexibility index (Phi) is 3.96. The van der Waals surface area contributed by atoms with Crippen molar-refractivity contribution in [3.8, 4) is 0 Å². The molecule has 0 bridgehead atoms. The van der Waals surface area contributed by atoms with Gasteiger partial charge in [-0.3, -0.25) is 0 Å². The first-order valence-electron chi connectivity index (χ1n) is 7.84. The maximum atomic E-state index is 6.12. The third-order valence-corrected chi connectivity index (χ3v) is 6.73. The molecule has 2 aliphatic rings. The molecule has 1 spiro atoms. The van der Waals surface area contributed by atoms with Gasteiger partial charge in [-0.1, -0.05) is 24.6 Å². The Labute approximate surface area is 138 Å². The normalized spacial score (nSPS) is 24.1. The Hall–Kier alpha value is -0.920. The maximum absolute atomic E-state index is 6.12. The zero-order valence-corrected chi connectivity index (χ0v) is 14.3. The van der Waals surface area contributed by atoms with E-state index in [0.29, 0.717) is 6.04 Å². The molecule has 1 saturated heterocycles. The van der Waals surface area contributed by atoms with Crippen molar-refractivity contribution in [3.05, 3.63) is 6.33 Å². The lowest BCUT2D eigenvalue weighted by Gasteiger charge is -2.38. The molecule has 0 radical (unpaired) electrons. The number of aromatic nitrogens is 3. The molecule has 22 heavy (non-hydrogen) atoms. The van der Waals surface area contributed by atoms with E-state index in [4.69, 9.17) is 4.74 Å². The van der Waals surface area contributed by atoms with E-state index in [1.807, 2.05) is 6.26 Å². The van der Waals surface area contributed by atoms with Crippen LogP contribution in [0, 0.1) is 0 Å². The molecule has 3 heterocycles. The van der Waals surface area contributed by atoms with Crippen LogP contribution >= 0.6 is 23.1 Å². The summed E-state index contributed by atoms with van der Waals surface area (Å²) in [6, 6.07) is 0.435. The lowest BCUT2D eigenvalue weighted by atomic mass is 9.89. The summed E-state index contributed by atoms with van der Waals surface area (Å²) in [5, 5.41) is 3.64. The molecular weight excluding hydrogens is 316 g/mol. The molecule has 1 aliphatic heterocycles. The molecule has 0 amide bonds. The van der Waals surface area contributed by atoms with Crippen LogP contribution in [0.5, 0.6) is 0 Å². The number of ether oxygens (including phenoxy) is 1. The Morgan fingerprint density at radius 2 is 2.23 bits per heavy atom. The SMILES string of the molecule is CSc1nc2ncnc(NC3CCOC4(CCCC4)C3)c2s1. The van der Waals surface area contributed by atoms with Crippen LogP contribution in [-0.2, 0) is 4.74 Å². The Morgan fingerprint density at radius 3 is 3.05 bits per heavy atom. The number of nitrogens with one attached hydrogen (secondary N) is 1. The summed E-state index contributed by atoms with van der Waals surface area (Å²) in [6.45, 7) is 0.852. The summed E-state index contributed by atoms with van der Waals surface area (Å²) in [5.41, 5.74) is 0.926. The lowest BCUT2D eigenvalue weighted by Crippen LogP contribution is -2.42. The van der Waals surface area contributed by atoms with Crippen molar-refractivity contribution in [3.63, 3.8) is 0 Å². The van der Waals surface area contributed by atoms with E-state index in [2.05, 4.69) is 20.3 Å². The zero-order valence-electron chi connectivity index (χ0n) is 12.7. The van der Waals surface area contributed by atoms with Gasteiger partial charge in [0.1, 0.15) is 16.8 Å². The maximum Gasteiger partial charge on any atom is 0.176 e. The first kappa shape index (κ1) is 14.7. The van der Waals surface area contributed by atoms with E-state index in [-0.39, 0.29) is 5.60 Å². The fraction of sp³-hybridized carbons (Fsp3) is 0.667. The van der Waals surface area contributed by atoms with Gasteiger partial charge in [0.2, 0.25) is 0 Å². The monoisotopic (exact) mass is 336 g/mol. The van der Waals surface area contributed by atoms with Gasteiger partial charge >= 0.3 is 0 Å². The van der Waals surface area contributed by atoms with E-state index >= 15 is 0 Å². The minimum atomic E-state index is 0.125. The summed E-state index contributed by atoms with van der Waals surface area (Å²) in [4.78, 5) is 13.3. The molecule has 1 saturated carbocycles. The number of anilines is 1. The van der Waals surface area contributed by atoms with E-state index in [1.165, 1.54) is 25.7 Å². The topological polar surface area (TPSA) is 59.9 Å². The number of rotatable bonds is 3. The van der Waals surface area contributed by atoms with Gasteiger partial charge in [-0.15, -0.1) is 11.3 Å². The number of hydrogen-bond acceptors (Lipinski definition) is 7. The fourth-order valence-electron chi connectivity index (χ4n) is 3.64. The highest BCUT2D eigenvalue weighted by Crippen LogP contribution is 2.41. The smallest absolute Gasteiger partial charge is 0.176 e. The fourth-order valence-corrected chi connectivity index (χ4v) is 5.10. The molecule has 2 aromatic rings. The number of nitrogens with zero attached hydrogens (tertiary/aromatic N) is 3. The van der Waals surface area contributed by atoms with Crippen LogP contribution in [0.2, 0.25) is 0 Å². The summed E-state index contributed by atoms with van der Waals surface area (Å²) in [5.74, 6) is 0.933. The summed E-state index contributed by atoms with van der Waals surface area (Å²) in [7, 11) is 0. The molecule has 1 unspecified atom stereocenters. The van der Waals surface area contributed by atoms with E-state index < -0.39 is 0 Å². The first-order chi connectivity index (χ1) is 10.8. The minimum Gasteiger partial charge on any atom is -0.375 e. The van der Waals surface area contributed by atoms with Crippen molar-refractivity contribution in [2.24, 2.45) is 0 Å². The predicted octanol–water partition coefficient (Wildman–Crippen LogP) is 3.71. The van der Waals surface area contributed by atoms with Crippen molar-refractivity contribution in [2.45, 2.75) is 54.5 Å². The molecule has 7 heteroatoms. The average Bonchev–Trinajstić information content (AvgIpc) is 3.15. The number of thioether (sulfide) groups is 1. The first-order valence-corrected chi connectivity index (χ1v) is 9.88. The Bertz CT molecular complexity index is 669. The standard InChI is InChI=1S/C15H20N4OS2/c1-21-14-19-13-11(22-14)12(16-9-17-13)18-10-4-7-20-15(8-10)5-2-3-6-15/h9-10H,2-8H2,1H3,(H,16,17,18). The summed E-state index contributed by atoms with van der Waals surface area (Å²) >= 11 is 3.33. The van der Waals surface area contributed by atoms with Gasteiger partial charge in [-0.05, 0) is 31.9 Å². The van der Waals surface area contributed by atoms with Gasteiger partial charge in [-0.25, -0.2) is 15.0 Å². The van der Waals surface area contributed by atoms with Gasteiger partial charge in [0.05, 0.1) is 5.60 Å². The van der Waals surface area contributed by atoms with E-state index in [9.17, 15) is 0 Å². The minimum absolute atomic E-state index is 0.125. The van der Waals surface area contributed by atoms with Crippen molar-refractivity contribution in [1.29, 1.82) is 0 Å². The molecule has 2 aromatic heterocycles. The van der Waals surface area contributed by atoms with Crippen LogP contribution in [0.25, 0.3) is 10.3 Å². The van der Waals surface area contributed by atoms with Gasteiger partial charge in [-0.2, -0.15) is 0 Å². The average molecular weight is 336 g/mol. The predicted molar refractivity (Wildman–Crippen MR) is 90.8 cm³/mol. The van der Waals surface area contributed by atoms with Crippen LogP contribution in [0.15, 0.2) is 10.7 Å². The van der Waals surface area contributed by atoms with E-state index in [0.717, 1.165) is 40.0 Å². The second-order valence-corrected chi connectivity index (χ2v) is 8.18. The second-order valence-electron chi connectivity index (χ2n) is 6.13. The molecular formula is C15H20N4OS2. The highest BCUT2D eigenvalue weighted by Gasteiger charge is 2.40. The lowest BCUT2D eigenvalue weighted by molar-refractivity contribution is -0.0767. The number of thiazole rings is 1. The van der Waals surface area contributed by atoms with Gasteiger partial charge in [0.15, 0.2) is 9.99 Å². The molecule has 1 atom stereocenters. The van der Waals surface area contributed by atoms with Crippen LogP contribution in [0.1, 0.15) is 38.5 Å². The van der Waals surface area contributed by atoms with Crippen molar-refractivity contribution < 1.29 is 4.74 Å². The van der Waals surface area contributed by atoms with Crippen LogP contribution in [0.4, 0.5) is 5.82 Å². The highest BCUT2D eigenvalue weighted by molar-refractivity contribution is 8.00. The largest absolute Gasteiger partial charge is 0.375 e. The van der Waals surface area contributed by atoms with Crippen LogP contribution in [-0.4, -0.2) is 39.5 Å². The molecule has 2 fully saturated rings. The van der Waals surface area contributed by atoms with Gasteiger partial charge in [0, 0.05) is 12.6 Å². The molecule has 4 rings (SSSR count). The van der Waals surface area contributed by atoms with Crippen molar-refractivity contribution in [1.82, 2.24) is 15.0 Å². The Morgan fingerprint density at radius 1 is 1.36 bits per heavy atom. The van der Waals surface area contributed by atoms with Crippen LogP contribution in [0.3, 0.4) is 0 Å². The summed E-state index contributed by atoms with van der Waals surface area (Å²) in [6.07, 6.45) is 10.8. The number of hydrogen-bond donors (Lipinski definition) is 1. The molecule has 5 nitrogen and oxygen atoms in total.